The van der Waals surface area contributed by atoms with Crippen molar-refractivity contribution >= 4 is 5.97 Å². The van der Waals surface area contributed by atoms with Gasteiger partial charge in [0.25, 0.3) is 0 Å². The molecule has 6 heteroatoms. The highest BCUT2D eigenvalue weighted by atomic mass is 16.5. The van der Waals surface area contributed by atoms with Gasteiger partial charge in [0.05, 0.1) is 31.7 Å². The minimum atomic E-state index is -0.569. The van der Waals surface area contributed by atoms with E-state index in [2.05, 4.69) is 11.1 Å². The lowest BCUT2D eigenvalue weighted by Gasteiger charge is -2.30. The van der Waals surface area contributed by atoms with Gasteiger partial charge in [-0.3, -0.25) is 14.7 Å². The maximum Gasteiger partial charge on any atom is 0.310 e. The Balaban J connectivity index is 2.02. The number of rotatable bonds is 5. The zero-order valence-electron chi connectivity index (χ0n) is 14.5. The lowest BCUT2D eigenvalue weighted by atomic mass is 9.85. The number of methoxy groups -OCH3 is 1. The topological polar surface area (TPSA) is 86.5 Å². The van der Waals surface area contributed by atoms with Crippen LogP contribution in [0.5, 0.6) is 0 Å². The van der Waals surface area contributed by atoms with E-state index in [1.807, 2.05) is 41.3 Å². The second-order valence-corrected chi connectivity index (χ2v) is 6.32. The summed E-state index contributed by atoms with van der Waals surface area (Å²) in [5.74, 6) is -1.21. The largest absolute Gasteiger partial charge is 0.469 e. The molecular weight excluding hydrogens is 330 g/mol. The fourth-order valence-electron chi connectivity index (χ4n) is 3.79. The molecule has 134 valence electrons. The van der Waals surface area contributed by atoms with E-state index in [0.717, 1.165) is 11.1 Å². The van der Waals surface area contributed by atoms with E-state index in [1.165, 1.54) is 7.11 Å². The molecule has 26 heavy (non-hydrogen) atoms. The van der Waals surface area contributed by atoms with Gasteiger partial charge in [-0.05, 0) is 17.2 Å². The fraction of sp³-hybridized carbons (Fsp3) is 0.350. The van der Waals surface area contributed by atoms with Crippen LogP contribution in [0.25, 0.3) is 0 Å². The van der Waals surface area contributed by atoms with Crippen LogP contribution < -0.4 is 0 Å². The maximum absolute atomic E-state index is 12.4. The molecule has 3 unspecified atom stereocenters. The molecule has 0 saturated carbocycles. The van der Waals surface area contributed by atoms with Gasteiger partial charge < -0.3 is 9.84 Å². The number of nitrogens with zero attached hydrogens (tertiary/aromatic N) is 3. The summed E-state index contributed by atoms with van der Waals surface area (Å²) in [6.07, 6.45) is 3.34. The Bertz CT molecular complexity index is 776. The number of hydrogen-bond acceptors (Lipinski definition) is 6. The van der Waals surface area contributed by atoms with E-state index < -0.39 is 12.0 Å². The molecule has 1 aromatic carbocycles. The van der Waals surface area contributed by atoms with Crippen molar-refractivity contribution in [3.05, 3.63) is 66.0 Å². The molecule has 1 fully saturated rings. The third-order valence-corrected chi connectivity index (χ3v) is 5.00. The first kappa shape index (κ1) is 18.1. The summed E-state index contributed by atoms with van der Waals surface area (Å²) >= 11 is 0. The van der Waals surface area contributed by atoms with Crippen molar-refractivity contribution in [2.45, 2.75) is 18.0 Å². The van der Waals surface area contributed by atoms with Gasteiger partial charge in [0.1, 0.15) is 6.04 Å². The van der Waals surface area contributed by atoms with Gasteiger partial charge in [0.15, 0.2) is 0 Å². The maximum atomic E-state index is 12.4. The van der Waals surface area contributed by atoms with Gasteiger partial charge in [-0.25, -0.2) is 0 Å². The van der Waals surface area contributed by atoms with Crippen LogP contribution in [0.15, 0.2) is 54.9 Å². The fourth-order valence-corrected chi connectivity index (χ4v) is 3.79. The molecule has 1 aromatic heterocycles. The first-order valence-electron chi connectivity index (χ1n) is 8.50. The van der Waals surface area contributed by atoms with Crippen LogP contribution in [0.2, 0.25) is 0 Å². The van der Waals surface area contributed by atoms with Crippen molar-refractivity contribution in [1.29, 1.82) is 5.26 Å². The molecule has 0 spiro atoms. The summed E-state index contributed by atoms with van der Waals surface area (Å²) in [5, 5.41) is 19.9. The second kappa shape index (κ2) is 8.09. The number of aliphatic hydroxyl groups excluding tert-OH is 1. The first-order valence-corrected chi connectivity index (χ1v) is 8.50. The van der Waals surface area contributed by atoms with Crippen molar-refractivity contribution in [3.8, 4) is 6.07 Å². The lowest BCUT2D eigenvalue weighted by molar-refractivity contribution is -0.145. The molecule has 1 aliphatic rings. The van der Waals surface area contributed by atoms with Crippen molar-refractivity contribution in [1.82, 2.24) is 9.88 Å². The van der Waals surface area contributed by atoms with E-state index in [0.29, 0.717) is 6.54 Å². The monoisotopic (exact) mass is 351 g/mol. The molecular formula is C20H21N3O3. The van der Waals surface area contributed by atoms with E-state index in [1.54, 1.807) is 18.5 Å². The highest BCUT2D eigenvalue weighted by Crippen LogP contribution is 2.42. The van der Waals surface area contributed by atoms with Crippen molar-refractivity contribution < 1.29 is 14.6 Å². The number of carbonyl (C=O) groups excluding carboxylic acids is 1. The average Bonchev–Trinajstić information content (AvgIpc) is 3.08. The van der Waals surface area contributed by atoms with Crippen LogP contribution in [0.3, 0.4) is 0 Å². The quantitative estimate of drug-likeness (QED) is 0.828. The molecule has 6 nitrogen and oxygen atoms in total. The van der Waals surface area contributed by atoms with Crippen molar-refractivity contribution in [2.75, 3.05) is 20.3 Å². The van der Waals surface area contributed by atoms with Gasteiger partial charge in [-0.15, -0.1) is 0 Å². The number of aromatic nitrogens is 1. The number of carbonyl (C=O) groups is 1. The number of pyridine rings is 1. The Hall–Kier alpha value is -2.75. The van der Waals surface area contributed by atoms with E-state index in [4.69, 9.17) is 4.74 Å². The Morgan fingerprint density at radius 2 is 2.15 bits per heavy atom. The van der Waals surface area contributed by atoms with E-state index in [-0.39, 0.29) is 24.5 Å². The summed E-state index contributed by atoms with van der Waals surface area (Å²) in [6.45, 7) is 0.195. The van der Waals surface area contributed by atoms with Crippen LogP contribution in [0.4, 0.5) is 0 Å². The predicted octanol–water partition coefficient (Wildman–Crippen LogP) is 1.90. The third kappa shape index (κ3) is 3.32. The summed E-state index contributed by atoms with van der Waals surface area (Å²) in [4.78, 5) is 18.4. The Kier molecular flexibility index (Phi) is 5.61. The smallest absolute Gasteiger partial charge is 0.310 e. The number of benzene rings is 1. The summed E-state index contributed by atoms with van der Waals surface area (Å²) in [7, 11) is 1.35. The van der Waals surface area contributed by atoms with Crippen LogP contribution in [-0.4, -0.2) is 47.3 Å². The Morgan fingerprint density at radius 1 is 1.38 bits per heavy atom. The molecule has 0 amide bonds. The highest BCUT2D eigenvalue weighted by Gasteiger charge is 2.49. The van der Waals surface area contributed by atoms with Crippen LogP contribution in [-0.2, 0) is 9.53 Å². The van der Waals surface area contributed by atoms with E-state index >= 15 is 0 Å². The Morgan fingerprint density at radius 3 is 2.73 bits per heavy atom. The van der Waals surface area contributed by atoms with Crippen LogP contribution in [0, 0.1) is 17.2 Å². The van der Waals surface area contributed by atoms with Crippen molar-refractivity contribution in [3.63, 3.8) is 0 Å². The van der Waals surface area contributed by atoms with Gasteiger partial charge in [-0.1, -0.05) is 36.4 Å². The normalized spacial score (nSPS) is 24.0. The molecule has 0 radical (unpaired) electrons. The third-order valence-electron chi connectivity index (χ3n) is 5.00. The number of esters is 1. The minimum Gasteiger partial charge on any atom is -0.469 e. The molecule has 0 bridgehead atoms. The van der Waals surface area contributed by atoms with Gasteiger partial charge in [-0.2, -0.15) is 5.26 Å². The zero-order valence-corrected chi connectivity index (χ0v) is 14.5. The second-order valence-electron chi connectivity index (χ2n) is 6.32. The van der Waals surface area contributed by atoms with Crippen LogP contribution in [0.1, 0.15) is 23.1 Å². The SMILES string of the molecule is COC(=O)C1CN([C@@H](CO)c2ccccc2)C(C#N)C1c1cccnc1. The predicted molar refractivity (Wildman–Crippen MR) is 94.9 cm³/mol. The summed E-state index contributed by atoms with van der Waals surface area (Å²) < 4.78 is 4.99. The van der Waals surface area contributed by atoms with E-state index in [9.17, 15) is 15.2 Å². The lowest BCUT2D eigenvalue weighted by Crippen LogP contribution is -2.36. The molecule has 0 aliphatic carbocycles. The molecule has 2 heterocycles. The molecule has 4 atom stereocenters. The number of aliphatic hydroxyl groups is 1. The number of ether oxygens (including phenoxy) is 1. The molecule has 2 aromatic rings. The zero-order chi connectivity index (χ0) is 18.5. The number of nitriles is 1. The standard InChI is InChI=1S/C20H21N3O3/c1-26-20(25)16-12-23(18(13-24)14-6-3-2-4-7-14)17(10-21)19(16)15-8-5-9-22-11-15/h2-9,11,16-19,24H,12-13H2,1H3/t16?,17?,18-,19?/m0/s1. The van der Waals surface area contributed by atoms with Crippen LogP contribution >= 0.6 is 0 Å². The summed E-state index contributed by atoms with van der Waals surface area (Å²) in [5.41, 5.74) is 1.73. The minimum absolute atomic E-state index is 0.143. The molecule has 1 aliphatic heterocycles. The molecule has 1 N–H and O–H groups in total. The highest BCUT2D eigenvalue weighted by molar-refractivity contribution is 5.75. The summed E-state index contributed by atoms with van der Waals surface area (Å²) in [6, 6.07) is 14.6. The molecule has 1 saturated heterocycles. The number of likely N-dealkylation sites (tertiary alicyclic amines) is 1. The van der Waals surface area contributed by atoms with Gasteiger partial charge >= 0.3 is 5.97 Å². The first-order chi connectivity index (χ1) is 12.7. The van der Waals surface area contributed by atoms with Gasteiger partial charge in [0.2, 0.25) is 0 Å². The van der Waals surface area contributed by atoms with Gasteiger partial charge in [0, 0.05) is 24.9 Å². The number of hydrogen-bond donors (Lipinski definition) is 1. The average molecular weight is 351 g/mol. The van der Waals surface area contributed by atoms with Crippen molar-refractivity contribution in [2.24, 2.45) is 5.92 Å². The Labute approximate surface area is 152 Å². The molecule has 3 rings (SSSR count).